The maximum absolute atomic E-state index is 12.8. The summed E-state index contributed by atoms with van der Waals surface area (Å²) in [6.45, 7) is 5.56. The molecule has 0 bridgehead atoms. The summed E-state index contributed by atoms with van der Waals surface area (Å²) < 4.78 is 38.3. The topological polar surface area (TPSA) is 70.1 Å². The van der Waals surface area contributed by atoms with Crippen LogP contribution in [-0.2, 0) is 6.18 Å². The second-order valence-electron chi connectivity index (χ2n) is 6.56. The number of nitrogens with one attached hydrogen (secondary N) is 2. The van der Waals surface area contributed by atoms with E-state index in [1.54, 1.807) is 0 Å². The number of halogens is 3. The summed E-state index contributed by atoms with van der Waals surface area (Å²) in [5.74, 6) is 0.195. The number of hydrogen-bond acceptors (Lipinski definition) is 5. The molecule has 140 valence electrons. The molecule has 0 unspecified atom stereocenters. The number of rotatable bonds is 3. The Bertz CT molecular complexity index is 802. The Morgan fingerprint density at radius 2 is 1.96 bits per heavy atom. The van der Waals surface area contributed by atoms with Gasteiger partial charge in [-0.2, -0.15) is 13.2 Å². The number of hydrogen-bond donors (Lipinski definition) is 3. The molecule has 2 aromatic rings. The highest BCUT2D eigenvalue weighted by Gasteiger charge is 2.31. The molecule has 1 aromatic heterocycles. The lowest BCUT2D eigenvalue weighted by Gasteiger charge is -2.25. The van der Waals surface area contributed by atoms with E-state index in [4.69, 9.17) is 0 Å². The minimum absolute atomic E-state index is 0.233. The Morgan fingerprint density at radius 3 is 2.58 bits per heavy atom. The lowest BCUT2D eigenvalue weighted by Crippen LogP contribution is -2.38. The number of benzene rings is 1. The largest absolute Gasteiger partial charge is 0.507 e. The molecule has 3 N–H and O–H groups in total. The van der Waals surface area contributed by atoms with E-state index in [2.05, 4.69) is 20.8 Å². The van der Waals surface area contributed by atoms with Crippen LogP contribution in [0.15, 0.2) is 18.2 Å². The average Bonchev–Trinajstić information content (AvgIpc) is 2.60. The lowest BCUT2D eigenvalue weighted by atomic mass is 10.0. The van der Waals surface area contributed by atoms with Crippen molar-refractivity contribution in [2.24, 2.45) is 0 Å². The zero-order chi connectivity index (χ0) is 18.9. The number of phenols is 1. The Hall–Kier alpha value is -2.35. The standard InChI is InChI=1S/C18H21F3N4O/c1-10-11(2)17(23-13-4-3-7-22-9-13)25-24-16(10)14-6-5-12(8-15(14)26)18(19,20)21/h5-6,8,13,22,26H,3-4,7,9H2,1-2H3,(H,23,25)/t13-/m1/s1. The van der Waals surface area contributed by atoms with Crippen molar-refractivity contribution in [1.82, 2.24) is 15.5 Å². The summed E-state index contributed by atoms with van der Waals surface area (Å²) in [5.41, 5.74) is 1.34. The van der Waals surface area contributed by atoms with Crippen LogP contribution >= 0.6 is 0 Å². The van der Waals surface area contributed by atoms with Crippen molar-refractivity contribution in [2.45, 2.75) is 38.9 Å². The molecule has 8 heteroatoms. The minimum Gasteiger partial charge on any atom is -0.507 e. The van der Waals surface area contributed by atoms with Gasteiger partial charge in [0, 0.05) is 18.2 Å². The van der Waals surface area contributed by atoms with E-state index in [9.17, 15) is 18.3 Å². The molecule has 5 nitrogen and oxygen atoms in total. The summed E-state index contributed by atoms with van der Waals surface area (Å²) in [6.07, 6.45) is -2.39. The highest BCUT2D eigenvalue weighted by molar-refractivity contribution is 5.72. The first-order valence-electron chi connectivity index (χ1n) is 8.49. The van der Waals surface area contributed by atoms with Crippen molar-refractivity contribution in [3.05, 3.63) is 34.9 Å². The van der Waals surface area contributed by atoms with Crippen LogP contribution in [0.4, 0.5) is 19.0 Å². The number of nitrogens with zero attached hydrogens (tertiary/aromatic N) is 2. The second kappa shape index (κ2) is 7.11. The minimum atomic E-state index is -4.51. The lowest BCUT2D eigenvalue weighted by molar-refractivity contribution is -0.137. The third-order valence-corrected chi connectivity index (χ3v) is 4.74. The molecule has 1 aliphatic heterocycles. The fraction of sp³-hybridized carbons (Fsp3) is 0.444. The summed E-state index contributed by atoms with van der Waals surface area (Å²) >= 11 is 0. The summed E-state index contributed by atoms with van der Waals surface area (Å²) in [4.78, 5) is 0. The van der Waals surface area contributed by atoms with E-state index >= 15 is 0 Å². The predicted molar refractivity (Wildman–Crippen MR) is 93.1 cm³/mol. The van der Waals surface area contributed by atoms with Crippen LogP contribution in [0.25, 0.3) is 11.3 Å². The van der Waals surface area contributed by atoms with E-state index in [0.717, 1.165) is 43.1 Å². The zero-order valence-corrected chi connectivity index (χ0v) is 14.6. The van der Waals surface area contributed by atoms with E-state index in [-0.39, 0.29) is 11.6 Å². The van der Waals surface area contributed by atoms with Gasteiger partial charge in [0.25, 0.3) is 0 Å². The molecule has 1 atom stereocenters. The smallest absolute Gasteiger partial charge is 0.416 e. The van der Waals surface area contributed by atoms with E-state index in [0.29, 0.717) is 17.6 Å². The Labute approximate surface area is 149 Å². The van der Waals surface area contributed by atoms with Gasteiger partial charge in [0.2, 0.25) is 0 Å². The van der Waals surface area contributed by atoms with Crippen LogP contribution in [0.3, 0.4) is 0 Å². The Balaban J connectivity index is 1.90. The first-order valence-corrected chi connectivity index (χ1v) is 8.49. The maximum Gasteiger partial charge on any atom is 0.416 e. The predicted octanol–water partition coefficient (Wildman–Crippen LogP) is 3.65. The fourth-order valence-electron chi connectivity index (χ4n) is 3.07. The molecule has 1 fully saturated rings. The van der Waals surface area contributed by atoms with Gasteiger partial charge >= 0.3 is 6.18 Å². The van der Waals surface area contributed by atoms with E-state index in [1.807, 2.05) is 13.8 Å². The normalized spacial score (nSPS) is 18.0. The van der Waals surface area contributed by atoms with Gasteiger partial charge in [-0.05, 0) is 62.6 Å². The molecule has 0 saturated carbocycles. The number of aromatic nitrogens is 2. The molecular weight excluding hydrogens is 345 g/mol. The second-order valence-corrected chi connectivity index (χ2v) is 6.56. The molecule has 1 saturated heterocycles. The van der Waals surface area contributed by atoms with Crippen LogP contribution < -0.4 is 10.6 Å². The Kier molecular flexibility index (Phi) is 5.04. The van der Waals surface area contributed by atoms with Crippen molar-refractivity contribution in [2.75, 3.05) is 18.4 Å². The number of anilines is 1. The van der Waals surface area contributed by atoms with Gasteiger partial charge in [0.15, 0.2) is 5.82 Å². The summed E-state index contributed by atoms with van der Waals surface area (Å²) in [7, 11) is 0. The summed E-state index contributed by atoms with van der Waals surface area (Å²) in [5, 5.41) is 25.1. The van der Waals surface area contributed by atoms with Crippen molar-refractivity contribution in [1.29, 1.82) is 0 Å². The third-order valence-electron chi connectivity index (χ3n) is 4.74. The zero-order valence-electron chi connectivity index (χ0n) is 14.6. The van der Waals surface area contributed by atoms with Gasteiger partial charge in [-0.15, -0.1) is 10.2 Å². The molecule has 0 radical (unpaired) electrons. The van der Waals surface area contributed by atoms with Gasteiger partial charge in [-0.1, -0.05) is 0 Å². The molecule has 1 aliphatic rings. The maximum atomic E-state index is 12.8. The highest BCUT2D eigenvalue weighted by atomic mass is 19.4. The highest BCUT2D eigenvalue weighted by Crippen LogP contribution is 2.37. The number of phenolic OH excluding ortho intramolecular Hbond substituents is 1. The summed E-state index contributed by atoms with van der Waals surface area (Å²) in [6, 6.07) is 3.14. The van der Waals surface area contributed by atoms with Crippen molar-refractivity contribution in [3.8, 4) is 17.0 Å². The SMILES string of the molecule is Cc1c(N[C@@H]2CCCNC2)nnc(-c2ccc(C(F)(F)F)cc2O)c1C. The van der Waals surface area contributed by atoms with Gasteiger partial charge in [0.1, 0.15) is 5.75 Å². The number of piperidine rings is 1. The molecule has 2 heterocycles. The van der Waals surface area contributed by atoms with Gasteiger partial charge < -0.3 is 15.7 Å². The van der Waals surface area contributed by atoms with Crippen LogP contribution in [0.2, 0.25) is 0 Å². The fourth-order valence-corrected chi connectivity index (χ4v) is 3.07. The molecule has 0 aliphatic carbocycles. The molecule has 26 heavy (non-hydrogen) atoms. The Morgan fingerprint density at radius 1 is 1.19 bits per heavy atom. The molecule has 0 amide bonds. The van der Waals surface area contributed by atoms with Gasteiger partial charge in [-0.25, -0.2) is 0 Å². The van der Waals surface area contributed by atoms with Crippen molar-refractivity contribution < 1.29 is 18.3 Å². The van der Waals surface area contributed by atoms with Crippen LogP contribution in [0.1, 0.15) is 29.5 Å². The average molecular weight is 366 g/mol. The van der Waals surface area contributed by atoms with Crippen LogP contribution in [0.5, 0.6) is 5.75 Å². The molecule has 3 rings (SSSR count). The van der Waals surface area contributed by atoms with Crippen LogP contribution in [-0.4, -0.2) is 34.4 Å². The van der Waals surface area contributed by atoms with Gasteiger partial charge in [-0.3, -0.25) is 0 Å². The number of aromatic hydroxyl groups is 1. The van der Waals surface area contributed by atoms with Crippen LogP contribution in [0, 0.1) is 13.8 Å². The van der Waals surface area contributed by atoms with E-state index in [1.165, 1.54) is 6.07 Å². The first kappa shape index (κ1) is 18.4. The quantitative estimate of drug-likeness (QED) is 0.774. The molecule has 1 aromatic carbocycles. The van der Waals surface area contributed by atoms with Crippen molar-refractivity contribution in [3.63, 3.8) is 0 Å². The first-order chi connectivity index (χ1) is 12.3. The monoisotopic (exact) mass is 366 g/mol. The third kappa shape index (κ3) is 3.75. The van der Waals surface area contributed by atoms with Gasteiger partial charge in [0.05, 0.1) is 11.3 Å². The van der Waals surface area contributed by atoms with Crippen molar-refractivity contribution >= 4 is 5.82 Å². The van der Waals surface area contributed by atoms with E-state index < -0.39 is 17.5 Å². The molecule has 0 spiro atoms. The number of alkyl halides is 3. The molecular formula is C18H21F3N4O.